The summed E-state index contributed by atoms with van der Waals surface area (Å²) in [6.45, 7) is 2.01. The Kier molecular flexibility index (Phi) is 6.88. The fourth-order valence-corrected chi connectivity index (χ4v) is 6.65. The molecule has 0 radical (unpaired) electrons. The molecule has 0 aliphatic carbocycles. The van der Waals surface area contributed by atoms with E-state index in [0.29, 0.717) is 30.4 Å². The predicted octanol–water partition coefficient (Wildman–Crippen LogP) is 2.60. The second-order valence-corrected chi connectivity index (χ2v) is 11.1. The van der Waals surface area contributed by atoms with Gasteiger partial charge in [0.2, 0.25) is 5.91 Å². The average Bonchev–Trinajstić information content (AvgIpc) is 3.48. The van der Waals surface area contributed by atoms with Crippen LogP contribution in [0.25, 0.3) is 0 Å². The first kappa shape index (κ1) is 22.4. The molecule has 2 aromatic heterocycles. The van der Waals surface area contributed by atoms with Crippen molar-refractivity contribution in [2.24, 2.45) is 0 Å². The molecule has 168 valence electrons. The lowest BCUT2D eigenvalue weighted by Gasteiger charge is -2.13. The van der Waals surface area contributed by atoms with Gasteiger partial charge < -0.3 is 9.88 Å². The summed E-state index contributed by atoms with van der Waals surface area (Å²) >= 11 is 1.16. The van der Waals surface area contributed by atoms with Gasteiger partial charge in [-0.05, 0) is 42.2 Å². The summed E-state index contributed by atoms with van der Waals surface area (Å²) in [7, 11) is -3.44. The van der Waals surface area contributed by atoms with Gasteiger partial charge >= 0.3 is 0 Å². The Labute approximate surface area is 191 Å². The highest BCUT2D eigenvalue weighted by Crippen LogP contribution is 2.27. The van der Waals surface area contributed by atoms with Crippen molar-refractivity contribution in [2.45, 2.75) is 36.6 Å². The molecule has 0 atom stereocenters. The molecule has 3 heterocycles. The number of benzene rings is 1. The normalized spacial score (nSPS) is 14.5. The summed E-state index contributed by atoms with van der Waals surface area (Å²) in [5.41, 5.74) is 1.90. The third-order valence-corrected chi connectivity index (χ3v) is 8.85. The zero-order chi connectivity index (χ0) is 22.6. The SMILES string of the molecule is O=C(Cc1ccc(S(=O)(=O)N2CCCC2)s1)NCc1ccc(Cn2ccccc2=O)cc1. The van der Waals surface area contributed by atoms with Crippen molar-refractivity contribution in [1.82, 2.24) is 14.2 Å². The van der Waals surface area contributed by atoms with Gasteiger partial charge in [0.15, 0.2) is 0 Å². The van der Waals surface area contributed by atoms with E-state index < -0.39 is 10.0 Å². The van der Waals surface area contributed by atoms with Crippen LogP contribution >= 0.6 is 11.3 Å². The first-order valence-electron chi connectivity index (χ1n) is 10.5. The summed E-state index contributed by atoms with van der Waals surface area (Å²) < 4.78 is 28.7. The monoisotopic (exact) mass is 471 g/mol. The van der Waals surface area contributed by atoms with Gasteiger partial charge in [-0.15, -0.1) is 11.3 Å². The second kappa shape index (κ2) is 9.81. The summed E-state index contributed by atoms with van der Waals surface area (Å²) in [4.78, 5) is 24.9. The third kappa shape index (κ3) is 5.35. The molecule has 0 bridgehead atoms. The van der Waals surface area contributed by atoms with Crippen LogP contribution in [0.2, 0.25) is 0 Å². The molecule has 0 unspecified atom stereocenters. The maximum atomic E-state index is 12.6. The Balaban J connectivity index is 1.29. The zero-order valence-corrected chi connectivity index (χ0v) is 19.2. The van der Waals surface area contributed by atoms with Crippen LogP contribution in [-0.2, 0) is 34.3 Å². The average molecular weight is 472 g/mol. The van der Waals surface area contributed by atoms with Crippen LogP contribution in [0.3, 0.4) is 0 Å². The van der Waals surface area contributed by atoms with Gasteiger partial charge in [-0.1, -0.05) is 30.3 Å². The van der Waals surface area contributed by atoms with Gasteiger partial charge in [0, 0.05) is 36.8 Å². The van der Waals surface area contributed by atoms with Crippen LogP contribution in [-0.4, -0.2) is 36.3 Å². The molecule has 1 fully saturated rings. The van der Waals surface area contributed by atoms with Crippen LogP contribution < -0.4 is 10.9 Å². The molecular formula is C23H25N3O4S2. The van der Waals surface area contributed by atoms with Gasteiger partial charge in [-0.25, -0.2) is 8.42 Å². The lowest BCUT2D eigenvalue weighted by atomic mass is 10.1. The molecule has 1 aliphatic heterocycles. The van der Waals surface area contributed by atoms with Gasteiger partial charge in [0.25, 0.3) is 15.6 Å². The lowest BCUT2D eigenvalue weighted by Crippen LogP contribution is -2.27. The molecular weight excluding hydrogens is 446 g/mol. The zero-order valence-electron chi connectivity index (χ0n) is 17.6. The van der Waals surface area contributed by atoms with Crippen LogP contribution in [0.1, 0.15) is 28.8 Å². The minimum atomic E-state index is -3.44. The highest BCUT2D eigenvalue weighted by Gasteiger charge is 2.28. The molecule has 32 heavy (non-hydrogen) atoms. The van der Waals surface area contributed by atoms with Crippen molar-refractivity contribution >= 4 is 27.3 Å². The number of pyridine rings is 1. The minimum absolute atomic E-state index is 0.0474. The number of nitrogens with one attached hydrogen (secondary N) is 1. The fourth-order valence-electron chi connectivity index (χ4n) is 3.62. The van der Waals surface area contributed by atoms with Crippen LogP contribution in [0, 0.1) is 0 Å². The molecule has 1 amide bonds. The van der Waals surface area contributed by atoms with Crippen LogP contribution in [0.4, 0.5) is 0 Å². The lowest BCUT2D eigenvalue weighted by molar-refractivity contribution is -0.120. The van der Waals surface area contributed by atoms with Crippen molar-refractivity contribution in [1.29, 1.82) is 0 Å². The fraction of sp³-hybridized carbons (Fsp3) is 0.304. The van der Waals surface area contributed by atoms with Crippen LogP contribution in [0.15, 0.2) is 69.8 Å². The van der Waals surface area contributed by atoms with Gasteiger partial charge in [0.05, 0.1) is 13.0 Å². The van der Waals surface area contributed by atoms with Gasteiger partial charge in [-0.3, -0.25) is 9.59 Å². The topological polar surface area (TPSA) is 88.5 Å². The first-order valence-corrected chi connectivity index (χ1v) is 12.8. The van der Waals surface area contributed by atoms with E-state index in [1.807, 2.05) is 30.3 Å². The summed E-state index contributed by atoms with van der Waals surface area (Å²) in [6, 6.07) is 16.1. The Morgan fingerprint density at radius 1 is 0.969 bits per heavy atom. The van der Waals surface area contributed by atoms with E-state index in [1.54, 1.807) is 29.0 Å². The number of sulfonamides is 1. The molecule has 4 rings (SSSR count). The third-order valence-electron chi connectivity index (χ3n) is 5.40. The summed E-state index contributed by atoms with van der Waals surface area (Å²) in [6.07, 6.45) is 3.69. The molecule has 0 saturated carbocycles. The Bertz CT molecular complexity index is 1240. The van der Waals surface area contributed by atoms with E-state index in [1.165, 1.54) is 10.4 Å². The van der Waals surface area contributed by atoms with Crippen molar-refractivity contribution in [3.63, 3.8) is 0 Å². The maximum absolute atomic E-state index is 12.6. The number of hydrogen-bond donors (Lipinski definition) is 1. The Hall–Kier alpha value is -2.75. The number of aromatic nitrogens is 1. The molecule has 7 nitrogen and oxygen atoms in total. The molecule has 3 aromatic rings. The number of nitrogens with zero attached hydrogens (tertiary/aromatic N) is 2. The predicted molar refractivity (Wildman–Crippen MR) is 124 cm³/mol. The van der Waals surface area contributed by atoms with E-state index in [2.05, 4.69) is 5.32 Å². The largest absolute Gasteiger partial charge is 0.352 e. The molecule has 9 heteroatoms. The quantitative estimate of drug-likeness (QED) is 0.547. The number of carbonyl (C=O) groups excluding carboxylic acids is 1. The Morgan fingerprint density at radius 3 is 2.41 bits per heavy atom. The number of carbonyl (C=O) groups is 1. The number of thiophene rings is 1. The number of hydrogen-bond acceptors (Lipinski definition) is 5. The summed E-state index contributed by atoms with van der Waals surface area (Å²) in [5.74, 6) is -0.156. The number of amides is 1. The van der Waals surface area contributed by atoms with Gasteiger partial charge in [-0.2, -0.15) is 4.31 Å². The van der Waals surface area contributed by atoms with Crippen molar-refractivity contribution in [3.05, 3.63) is 87.2 Å². The smallest absolute Gasteiger partial charge is 0.252 e. The minimum Gasteiger partial charge on any atom is -0.352 e. The molecule has 1 aromatic carbocycles. The van der Waals surface area contributed by atoms with E-state index in [9.17, 15) is 18.0 Å². The molecule has 1 saturated heterocycles. The standard InChI is InChI=1S/C23H25N3O4S2/c27-21(15-20-10-11-23(31-20)32(29,30)26-13-3-4-14-26)24-16-18-6-8-19(9-7-18)17-25-12-2-1-5-22(25)28/h1-2,5-12H,3-4,13-17H2,(H,24,27). The number of rotatable bonds is 8. The first-order chi connectivity index (χ1) is 15.4. The van der Waals surface area contributed by atoms with E-state index in [-0.39, 0.29) is 17.9 Å². The molecule has 0 spiro atoms. The van der Waals surface area contributed by atoms with E-state index >= 15 is 0 Å². The van der Waals surface area contributed by atoms with E-state index in [4.69, 9.17) is 0 Å². The van der Waals surface area contributed by atoms with Crippen LogP contribution in [0.5, 0.6) is 0 Å². The highest BCUT2D eigenvalue weighted by molar-refractivity contribution is 7.91. The van der Waals surface area contributed by atoms with Crippen molar-refractivity contribution < 1.29 is 13.2 Å². The summed E-state index contributed by atoms with van der Waals surface area (Å²) in [5, 5.41) is 2.88. The Morgan fingerprint density at radius 2 is 1.69 bits per heavy atom. The van der Waals surface area contributed by atoms with Gasteiger partial charge in [0.1, 0.15) is 4.21 Å². The molecule has 1 aliphatic rings. The molecule has 1 N–H and O–H groups in total. The second-order valence-electron chi connectivity index (χ2n) is 7.77. The van der Waals surface area contributed by atoms with Crippen molar-refractivity contribution in [2.75, 3.05) is 13.1 Å². The van der Waals surface area contributed by atoms with E-state index in [0.717, 1.165) is 40.2 Å². The maximum Gasteiger partial charge on any atom is 0.252 e. The highest BCUT2D eigenvalue weighted by atomic mass is 32.2. The van der Waals surface area contributed by atoms with Crippen molar-refractivity contribution in [3.8, 4) is 0 Å².